The molecule has 16 heavy (non-hydrogen) atoms. The number of anilines is 1. The van der Waals surface area contributed by atoms with Crippen LogP contribution in [-0.2, 0) is 4.74 Å². The van der Waals surface area contributed by atoms with E-state index in [1.54, 1.807) is 0 Å². The fraction of sp³-hybridized carbons (Fsp3) is 0.583. The average Bonchev–Trinajstić information content (AvgIpc) is 2.74. The second kappa shape index (κ2) is 5.64. The van der Waals surface area contributed by atoms with E-state index in [0.29, 0.717) is 6.10 Å². The predicted octanol–water partition coefficient (Wildman–Crippen LogP) is 3.13. The van der Waals surface area contributed by atoms with Crippen LogP contribution < -0.4 is 5.32 Å². The zero-order chi connectivity index (χ0) is 11.4. The molecule has 1 unspecified atom stereocenters. The molecule has 4 heteroatoms. The molecule has 0 spiro atoms. The van der Waals surface area contributed by atoms with Crippen LogP contribution in [0.2, 0.25) is 0 Å². The molecule has 1 atom stereocenters. The van der Waals surface area contributed by atoms with Gasteiger partial charge >= 0.3 is 0 Å². The second-order valence-electron chi connectivity index (χ2n) is 4.17. The number of halogens is 1. The zero-order valence-electron chi connectivity index (χ0n) is 9.50. The van der Waals surface area contributed by atoms with Crippen molar-refractivity contribution in [3.8, 4) is 0 Å². The molecule has 1 aliphatic heterocycles. The molecular weight excluding hydrogens is 268 g/mol. The molecule has 0 amide bonds. The minimum absolute atomic E-state index is 0.447. The number of hydrogen-bond acceptors (Lipinski definition) is 3. The van der Waals surface area contributed by atoms with Crippen molar-refractivity contribution in [3.63, 3.8) is 0 Å². The molecule has 2 rings (SSSR count). The SMILES string of the molecule is Cc1cc(Br)cnc1NCCC1CCCO1. The van der Waals surface area contributed by atoms with Crippen molar-refractivity contribution >= 4 is 21.7 Å². The molecule has 1 aromatic rings. The van der Waals surface area contributed by atoms with E-state index in [1.807, 2.05) is 6.20 Å². The highest BCUT2D eigenvalue weighted by Gasteiger charge is 2.14. The Labute approximate surface area is 105 Å². The van der Waals surface area contributed by atoms with Crippen molar-refractivity contribution in [2.24, 2.45) is 0 Å². The van der Waals surface area contributed by atoms with Gasteiger partial charge in [0, 0.05) is 23.8 Å². The van der Waals surface area contributed by atoms with E-state index in [-0.39, 0.29) is 0 Å². The number of hydrogen-bond donors (Lipinski definition) is 1. The first-order valence-corrected chi connectivity index (χ1v) is 6.52. The Morgan fingerprint density at radius 2 is 2.50 bits per heavy atom. The fourth-order valence-corrected chi connectivity index (χ4v) is 2.39. The maximum Gasteiger partial charge on any atom is 0.128 e. The number of aromatic nitrogens is 1. The number of aryl methyl sites for hydroxylation is 1. The highest BCUT2D eigenvalue weighted by atomic mass is 79.9. The molecule has 0 aliphatic carbocycles. The smallest absolute Gasteiger partial charge is 0.128 e. The molecule has 3 nitrogen and oxygen atoms in total. The summed E-state index contributed by atoms with van der Waals surface area (Å²) in [6.07, 6.45) is 5.75. The van der Waals surface area contributed by atoms with Gasteiger partial charge in [-0.15, -0.1) is 0 Å². The van der Waals surface area contributed by atoms with E-state index in [1.165, 1.54) is 18.4 Å². The van der Waals surface area contributed by atoms with Gasteiger partial charge in [-0.25, -0.2) is 4.98 Å². The van der Waals surface area contributed by atoms with Gasteiger partial charge in [0.2, 0.25) is 0 Å². The maximum absolute atomic E-state index is 5.57. The van der Waals surface area contributed by atoms with E-state index in [2.05, 4.69) is 39.2 Å². The number of nitrogens with one attached hydrogen (secondary N) is 1. The van der Waals surface area contributed by atoms with Gasteiger partial charge in [0.15, 0.2) is 0 Å². The van der Waals surface area contributed by atoms with Crippen molar-refractivity contribution in [1.82, 2.24) is 4.98 Å². The Hall–Kier alpha value is -0.610. The molecular formula is C12H17BrN2O. The molecule has 0 bridgehead atoms. The van der Waals surface area contributed by atoms with Gasteiger partial charge in [0.25, 0.3) is 0 Å². The topological polar surface area (TPSA) is 34.2 Å². The van der Waals surface area contributed by atoms with Crippen LogP contribution in [0.1, 0.15) is 24.8 Å². The minimum atomic E-state index is 0.447. The van der Waals surface area contributed by atoms with Gasteiger partial charge in [0.1, 0.15) is 5.82 Å². The summed E-state index contributed by atoms with van der Waals surface area (Å²) in [6.45, 7) is 3.92. The second-order valence-corrected chi connectivity index (χ2v) is 5.09. The zero-order valence-corrected chi connectivity index (χ0v) is 11.1. The van der Waals surface area contributed by atoms with Crippen molar-refractivity contribution in [3.05, 3.63) is 22.3 Å². The van der Waals surface area contributed by atoms with Crippen molar-refractivity contribution in [1.29, 1.82) is 0 Å². The van der Waals surface area contributed by atoms with E-state index >= 15 is 0 Å². The van der Waals surface area contributed by atoms with Crippen LogP contribution in [0.5, 0.6) is 0 Å². The molecule has 1 aromatic heterocycles. The first-order valence-electron chi connectivity index (χ1n) is 5.73. The molecule has 0 radical (unpaired) electrons. The van der Waals surface area contributed by atoms with E-state index in [0.717, 1.165) is 29.9 Å². The number of ether oxygens (including phenoxy) is 1. The van der Waals surface area contributed by atoms with Crippen LogP contribution in [0.3, 0.4) is 0 Å². The largest absolute Gasteiger partial charge is 0.378 e. The van der Waals surface area contributed by atoms with Gasteiger partial charge in [-0.2, -0.15) is 0 Å². The Kier molecular flexibility index (Phi) is 4.18. The van der Waals surface area contributed by atoms with Crippen LogP contribution in [0.15, 0.2) is 16.7 Å². The van der Waals surface area contributed by atoms with Crippen LogP contribution in [-0.4, -0.2) is 24.2 Å². The molecule has 0 aromatic carbocycles. The first kappa shape index (κ1) is 11.9. The third kappa shape index (κ3) is 3.19. The lowest BCUT2D eigenvalue weighted by molar-refractivity contribution is 0.107. The monoisotopic (exact) mass is 284 g/mol. The number of rotatable bonds is 4. The number of pyridine rings is 1. The Morgan fingerprint density at radius 1 is 1.62 bits per heavy atom. The summed E-state index contributed by atoms with van der Waals surface area (Å²) in [5, 5.41) is 3.36. The van der Waals surface area contributed by atoms with Crippen molar-refractivity contribution in [2.45, 2.75) is 32.3 Å². The Balaban J connectivity index is 1.80. The maximum atomic E-state index is 5.57. The Morgan fingerprint density at radius 3 is 3.19 bits per heavy atom. The molecule has 1 aliphatic rings. The summed E-state index contributed by atoms with van der Waals surface area (Å²) in [5.41, 5.74) is 1.17. The lowest BCUT2D eigenvalue weighted by Crippen LogP contribution is -2.13. The summed E-state index contributed by atoms with van der Waals surface area (Å²) >= 11 is 3.41. The summed E-state index contributed by atoms with van der Waals surface area (Å²) in [7, 11) is 0. The predicted molar refractivity (Wildman–Crippen MR) is 68.8 cm³/mol. The molecule has 1 saturated heterocycles. The summed E-state index contributed by atoms with van der Waals surface area (Å²) in [6, 6.07) is 2.07. The number of nitrogens with zero attached hydrogens (tertiary/aromatic N) is 1. The third-order valence-electron chi connectivity index (χ3n) is 2.83. The first-order chi connectivity index (χ1) is 7.75. The van der Waals surface area contributed by atoms with E-state index in [4.69, 9.17) is 4.74 Å². The molecule has 2 heterocycles. The molecule has 1 N–H and O–H groups in total. The van der Waals surface area contributed by atoms with Gasteiger partial charge in [-0.3, -0.25) is 0 Å². The van der Waals surface area contributed by atoms with E-state index in [9.17, 15) is 0 Å². The fourth-order valence-electron chi connectivity index (χ4n) is 1.95. The highest BCUT2D eigenvalue weighted by molar-refractivity contribution is 9.10. The van der Waals surface area contributed by atoms with Crippen molar-refractivity contribution in [2.75, 3.05) is 18.5 Å². The summed E-state index contributed by atoms with van der Waals surface area (Å²) < 4.78 is 6.60. The minimum Gasteiger partial charge on any atom is -0.378 e. The van der Waals surface area contributed by atoms with Gasteiger partial charge in [-0.1, -0.05) is 0 Å². The van der Waals surface area contributed by atoms with Crippen LogP contribution >= 0.6 is 15.9 Å². The Bertz CT molecular complexity index is 351. The normalized spacial score (nSPS) is 20.0. The standard InChI is InChI=1S/C12H17BrN2O/c1-9-7-10(13)8-15-12(9)14-5-4-11-3-2-6-16-11/h7-8,11H,2-6H2,1H3,(H,14,15). The highest BCUT2D eigenvalue weighted by Crippen LogP contribution is 2.18. The molecule has 88 valence electrons. The third-order valence-corrected chi connectivity index (χ3v) is 3.26. The van der Waals surface area contributed by atoms with Gasteiger partial charge in [-0.05, 0) is 53.7 Å². The van der Waals surface area contributed by atoms with E-state index < -0.39 is 0 Å². The van der Waals surface area contributed by atoms with Crippen LogP contribution in [0, 0.1) is 6.92 Å². The van der Waals surface area contributed by atoms with Crippen LogP contribution in [0.4, 0.5) is 5.82 Å². The summed E-state index contributed by atoms with van der Waals surface area (Å²) in [5.74, 6) is 0.973. The van der Waals surface area contributed by atoms with Crippen molar-refractivity contribution < 1.29 is 4.74 Å². The molecule has 0 saturated carbocycles. The van der Waals surface area contributed by atoms with Gasteiger partial charge in [0.05, 0.1) is 6.10 Å². The summed E-state index contributed by atoms with van der Waals surface area (Å²) in [4.78, 5) is 4.34. The van der Waals surface area contributed by atoms with Crippen LogP contribution in [0.25, 0.3) is 0 Å². The van der Waals surface area contributed by atoms with Gasteiger partial charge < -0.3 is 10.1 Å². The lowest BCUT2D eigenvalue weighted by Gasteiger charge is -2.11. The molecule has 1 fully saturated rings. The quantitative estimate of drug-likeness (QED) is 0.922. The lowest BCUT2D eigenvalue weighted by atomic mass is 10.2. The average molecular weight is 285 g/mol.